The summed E-state index contributed by atoms with van der Waals surface area (Å²) in [6.07, 6.45) is 0.0267. The highest BCUT2D eigenvalue weighted by Crippen LogP contribution is 2.29. The quantitative estimate of drug-likeness (QED) is 0.778. The molecule has 4 rings (SSSR count). The molecule has 29 heavy (non-hydrogen) atoms. The Bertz CT molecular complexity index is 870. The number of cyclic esters (lactones) is 1. The third-order valence-electron chi connectivity index (χ3n) is 4.92. The van der Waals surface area contributed by atoms with Crippen LogP contribution in [0, 0.1) is 5.82 Å². The SMILES string of the molecule is O=C(NCC1CN(c2ccc(N3CCCSCC3)c(F)c2)C(=O)O1)c1cccs1. The molecule has 2 amide bonds. The smallest absolute Gasteiger partial charge is 0.414 e. The van der Waals surface area contributed by atoms with Gasteiger partial charge in [0, 0.05) is 18.8 Å². The predicted molar refractivity (Wildman–Crippen MR) is 115 cm³/mol. The van der Waals surface area contributed by atoms with Gasteiger partial charge in [0.2, 0.25) is 0 Å². The standard InChI is InChI=1S/C20H22FN3O3S2/c21-16-11-14(4-5-17(16)23-6-2-8-28-10-7-23)24-13-15(27-20(24)26)12-22-19(25)18-3-1-9-29-18/h1,3-5,9,11,15H,2,6-8,10,12-13H2,(H,22,25). The van der Waals surface area contributed by atoms with Crippen molar-refractivity contribution in [3.8, 4) is 0 Å². The van der Waals surface area contributed by atoms with Crippen molar-refractivity contribution >= 4 is 46.5 Å². The second-order valence-corrected chi connectivity index (χ2v) is 9.06. The first-order chi connectivity index (χ1) is 14.1. The van der Waals surface area contributed by atoms with Crippen LogP contribution in [0.3, 0.4) is 0 Å². The molecule has 1 N–H and O–H groups in total. The van der Waals surface area contributed by atoms with E-state index in [1.807, 2.05) is 17.1 Å². The molecule has 0 spiro atoms. The van der Waals surface area contributed by atoms with Crippen molar-refractivity contribution in [1.82, 2.24) is 5.32 Å². The maximum atomic E-state index is 14.8. The van der Waals surface area contributed by atoms with Crippen molar-refractivity contribution < 1.29 is 18.7 Å². The molecule has 2 saturated heterocycles. The average molecular weight is 436 g/mol. The number of amides is 2. The van der Waals surface area contributed by atoms with Crippen LogP contribution in [0.15, 0.2) is 35.7 Å². The zero-order valence-electron chi connectivity index (χ0n) is 15.8. The number of hydrogen-bond acceptors (Lipinski definition) is 6. The van der Waals surface area contributed by atoms with Gasteiger partial charge in [-0.2, -0.15) is 11.8 Å². The van der Waals surface area contributed by atoms with Crippen LogP contribution >= 0.6 is 23.1 Å². The second kappa shape index (κ2) is 9.04. The molecule has 9 heteroatoms. The number of ether oxygens (including phenoxy) is 1. The summed E-state index contributed by atoms with van der Waals surface area (Å²) in [6, 6.07) is 8.42. The van der Waals surface area contributed by atoms with Crippen LogP contribution in [0.1, 0.15) is 16.1 Å². The molecule has 6 nitrogen and oxygen atoms in total. The molecule has 0 radical (unpaired) electrons. The van der Waals surface area contributed by atoms with Gasteiger partial charge >= 0.3 is 6.09 Å². The van der Waals surface area contributed by atoms with Crippen LogP contribution in [-0.2, 0) is 4.74 Å². The summed E-state index contributed by atoms with van der Waals surface area (Å²) in [5.41, 5.74) is 1.04. The summed E-state index contributed by atoms with van der Waals surface area (Å²) < 4.78 is 20.1. The number of benzene rings is 1. The lowest BCUT2D eigenvalue weighted by Crippen LogP contribution is -2.34. The third kappa shape index (κ3) is 4.67. The van der Waals surface area contributed by atoms with Gasteiger partial charge in [-0.25, -0.2) is 9.18 Å². The van der Waals surface area contributed by atoms with Gasteiger partial charge in [0.05, 0.1) is 29.3 Å². The van der Waals surface area contributed by atoms with Crippen LogP contribution in [0.5, 0.6) is 0 Å². The Hall–Kier alpha value is -2.26. The molecule has 1 aromatic carbocycles. The van der Waals surface area contributed by atoms with Crippen molar-refractivity contribution in [2.45, 2.75) is 12.5 Å². The molecule has 0 bridgehead atoms. The molecular formula is C20H22FN3O3S2. The zero-order chi connectivity index (χ0) is 20.2. The van der Waals surface area contributed by atoms with Gasteiger partial charge in [0.25, 0.3) is 5.91 Å². The lowest BCUT2D eigenvalue weighted by atomic mass is 10.2. The Labute approximate surface area is 177 Å². The van der Waals surface area contributed by atoms with E-state index >= 15 is 0 Å². The van der Waals surface area contributed by atoms with Crippen molar-refractivity contribution in [3.63, 3.8) is 0 Å². The second-order valence-electron chi connectivity index (χ2n) is 6.89. The van der Waals surface area contributed by atoms with E-state index in [1.165, 1.54) is 22.3 Å². The van der Waals surface area contributed by atoms with E-state index in [1.54, 1.807) is 24.3 Å². The average Bonchev–Trinajstić information content (AvgIpc) is 3.30. The van der Waals surface area contributed by atoms with Gasteiger partial charge in [0.1, 0.15) is 11.9 Å². The Balaban J connectivity index is 1.38. The molecule has 0 aliphatic carbocycles. The molecule has 0 saturated carbocycles. The van der Waals surface area contributed by atoms with Gasteiger partial charge in [-0.3, -0.25) is 9.69 Å². The van der Waals surface area contributed by atoms with Crippen LogP contribution in [-0.4, -0.2) is 55.8 Å². The summed E-state index contributed by atoms with van der Waals surface area (Å²) in [6.45, 7) is 2.13. The predicted octanol–water partition coefficient (Wildman–Crippen LogP) is 3.59. The fourth-order valence-electron chi connectivity index (χ4n) is 3.45. The number of rotatable bonds is 5. The maximum Gasteiger partial charge on any atom is 0.414 e. The maximum absolute atomic E-state index is 14.8. The van der Waals surface area contributed by atoms with Gasteiger partial charge < -0.3 is 15.0 Å². The number of halogens is 1. The number of carbonyl (C=O) groups excluding carboxylic acids is 2. The zero-order valence-corrected chi connectivity index (χ0v) is 17.4. The summed E-state index contributed by atoms with van der Waals surface area (Å²) in [5, 5.41) is 4.60. The van der Waals surface area contributed by atoms with Crippen molar-refractivity contribution in [1.29, 1.82) is 0 Å². The van der Waals surface area contributed by atoms with E-state index in [0.717, 1.165) is 31.0 Å². The van der Waals surface area contributed by atoms with E-state index < -0.39 is 12.2 Å². The normalized spacial score (nSPS) is 19.8. The Kier molecular flexibility index (Phi) is 6.25. The van der Waals surface area contributed by atoms with Gasteiger partial charge in [-0.1, -0.05) is 6.07 Å². The van der Waals surface area contributed by atoms with E-state index in [-0.39, 0.29) is 24.8 Å². The summed E-state index contributed by atoms with van der Waals surface area (Å²) >= 11 is 3.24. The molecule has 1 aromatic heterocycles. The largest absolute Gasteiger partial charge is 0.442 e. The highest BCUT2D eigenvalue weighted by molar-refractivity contribution is 7.99. The fraction of sp³-hybridized carbons (Fsp3) is 0.400. The first-order valence-corrected chi connectivity index (χ1v) is 11.6. The van der Waals surface area contributed by atoms with Crippen molar-refractivity contribution in [3.05, 3.63) is 46.4 Å². The van der Waals surface area contributed by atoms with Crippen LogP contribution in [0.25, 0.3) is 0 Å². The monoisotopic (exact) mass is 435 g/mol. The van der Waals surface area contributed by atoms with Gasteiger partial charge in [-0.15, -0.1) is 11.3 Å². The van der Waals surface area contributed by atoms with Gasteiger partial charge in [0.15, 0.2) is 0 Å². The van der Waals surface area contributed by atoms with E-state index in [4.69, 9.17) is 4.74 Å². The molecule has 2 aliphatic rings. The summed E-state index contributed by atoms with van der Waals surface area (Å²) in [4.78, 5) is 28.4. The van der Waals surface area contributed by atoms with E-state index in [2.05, 4.69) is 10.2 Å². The van der Waals surface area contributed by atoms with Crippen LogP contribution in [0.4, 0.5) is 20.6 Å². The first kappa shape index (κ1) is 20.0. The number of anilines is 2. The highest BCUT2D eigenvalue weighted by atomic mass is 32.2. The minimum atomic E-state index is -0.529. The molecular weight excluding hydrogens is 413 g/mol. The third-order valence-corrected chi connectivity index (χ3v) is 6.83. The van der Waals surface area contributed by atoms with Gasteiger partial charge in [-0.05, 0) is 41.8 Å². The van der Waals surface area contributed by atoms with Crippen LogP contribution < -0.4 is 15.1 Å². The fourth-order valence-corrected chi connectivity index (χ4v) is 4.97. The molecule has 1 atom stereocenters. The number of hydrogen-bond donors (Lipinski definition) is 1. The number of nitrogens with one attached hydrogen (secondary N) is 1. The first-order valence-electron chi connectivity index (χ1n) is 9.54. The van der Waals surface area contributed by atoms with Crippen molar-refractivity contribution in [2.75, 3.05) is 47.5 Å². The molecule has 154 valence electrons. The lowest BCUT2D eigenvalue weighted by Gasteiger charge is -2.24. The van der Waals surface area contributed by atoms with Crippen LogP contribution in [0.2, 0.25) is 0 Å². The number of nitrogens with zero attached hydrogens (tertiary/aromatic N) is 2. The highest BCUT2D eigenvalue weighted by Gasteiger charge is 2.33. The Morgan fingerprint density at radius 1 is 1.28 bits per heavy atom. The minimum Gasteiger partial charge on any atom is -0.442 e. The van der Waals surface area contributed by atoms with E-state index in [9.17, 15) is 14.0 Å². The molecule has 3 heterocycles. The van der Waals surface area contributed by atoms with E-state index in [0.29, 0.717) is 16.3 Å². The number of thioether (sulfide) groups is 1. The number of thiophene rings is 1. The Morgan fingerprint density at radius 2 is 2.17 bits per heavy atom. The minimum absolute atomic E-state index is 0.194. The molecule has 2 aliphatic heterocycles. The summed E-state index contributed by atoms with van der Waals surface area (Å²) in [7, 11) is 0. The molecule has 2 aromatic rings. The summed E-state index contributed by atoms with van der Waals surface area (Å²) in [5.74, 6) is 1.55. The number of carbonyl (C=O) groups is 2. The van der Waals surface area contributed by atoms with Crippen molar-refractivity contribution in [2.24, 2.45) is 0 Å². The Morgan fingerprint density at radius 3 is 2.97 bits per heavy atom. The molecule has 1 unspecified atom stereocenters. The molecule has 2 fully saturated rings. The lowest BCUT2D eigenvalue weighted by molar-refractivity contribution is 0.0920. The topological polar surface area (TPSA) is 61.9 Å².